The molecule has 0 spiro atoms. The van der Waals surface area contributed by atoms with Crippen LogP contribution in [0.15, 0.2) is 29.2 Å². The predicted octanol–water partition coefficient (Wildman–Crippen LogP) is 0.880. The quantitative estimate of drug-likeness (QED) is 0.797. The van der Waals surface area contributed by atoms with Crippen LogP contribution in [0.2, 0.25) is 0 Å². The third kappa shape index (κ3) is 4.55. The van der Waals surface area contributed by atoms with Gasteiger partial charge in [-0.25, -0.2) is 13.1 Å². The Hall–Kier alpha value is -1.44. The van der Waals surface area contributed by atoms with Crippen molar-refractivity contribution in [2.75, 3.05) is 19.6 Å². The van der Waals surface area contributed by atoms with Gasteiger partial charge in [0.05, 0.1) is 4.90 Å². The summed E-state index contributed by atoms with van der Waals surface area (Å²) in [4.78, 5) is 14.5. The molecule has 1 heterocycles. The molecule has 2 aliphatic rings. The van der Waals surface area contributed by atoms with Gasteiger partial charge < -0.3 is 10.2 Å². The Kier molecular flexibility index (Phi) is 5.22. The van der Waals surface area contributed by atoms with Gasteiger partial charge in [-0.3, -0.25) is 4.79 Å². The maximum atomic E-state index is 12.3. The van der Waals surface area contributed by atoms with Crippen LogP contribution in [0.25, 0.3) is 0 Å². The van der Waals surface area contributed by atoms with Crippen LogP contribution in [-0.4, -0.2) is 50.9 Å². The van der Waals surface area contributed by atoms with Crippen LogP contribution >= 0.6 is 0 Å². The highest BCUT2D eigenvalue weighted by atomic mass is 32.2. The average Bonchev–Trinajstić information content (AvgIpc) is 3.36. The Morgan fingerprint density at radius 1 is 1.29 bits per heavy atom. The van der Waals surface area contributed by atoms with E-state index in [1.807, 2.05) is 4.90 Å². The van der Waals surface area contributed by atoms with Gasteiger partial charge >= 0.3 is 0 Å². The number of nitrogens with zero attached hydrogens (tertiary/aromatic N) is 1. The minimum absolute atomic E-state index is 0.105. The third-order valence-electron chi connectivity index (χ3n) is 4.48. The molecule has 132 valence electrons. The molecular weight excluding hydrogens is 326 g/mol. The lowest BCUT2D eigenvalue weighted by molar-refractivity contribution is -0.132. The van der Waals surface area contributed by atoms with Crippen molar-refractivity contribution in [3.8, 4) is 0 Å². The number of rotatable bonds is 6. The lowest BCUT2D eigenvalue weighted by Gasteiger charge is -2.32. The van der Waals surface area contributed by atoms with Crippen molar-refractivity contribution < 1.29 is 13.2 Å². The van der Waals surface area contributed by atoms with Crippen molar-refractivity contribution in [1.29, 1.82) is 0 Å². The van der Waals surface area contributed by atoms with Crippen molar-refractivity contribution in [1.82, 2.24) is 14.9 Å². The van der Waals surface area contributed by atoms with Crippen LogP contribution < -0.4 is 10.0 Å². The molecule has 1 unspecified atom stereocenters. The van der Waals surface area contributed by atoms with E-state index in [-0.39, 0.29) is 11.9 Å². The molecule has 2 fully saturated rings. The second-order valence-electron chi connectivity index (χ2n) is 6.73. The topological polar surface area (TPSA) is 78.5 Å². The fourth-order valence-corrected chi connectivity index (χ4v) is 4.20. The molecule has 1 amide bonds. The Labute approximate surface area is 143 Å². The number of piperazine rings is 1. The van der Waals surface area contributed by atoms with E-state index in [0.29, 0.717) is 23.8 Å². The van der Waals surface area contributed by atoms with E-state index in [4.69, 9.17) is 0 Å². The first kappa shape index (κ1) is 17.4. The maximum Gasteiger partial charge on any atom is 0.240 e. The highest BCUT2D eigenvalue weighted by Crippen LogP contribution is 2.22. The van der Waals surface area contributed by atoms with Gasteiger partial charge in [-0.1, -0.05) is 12.1 Å². The smallest absolute Gasteiger partial charge is 0.240 e. The molecule has 6 nitrogen and oxygen atoms in total. The molecule has 1 aromatic carbocycles. The van der Waals surface area contributed by atoms with E-state index in [1.165, 1.54) is 0 Å². The first-order valence-electron chi connectivity index (χ1n) is 8.56. The SMILES string of the molecule is CC1CN(C(=O)CCc2ccc(S(=O)(=O)NC3CC3)cc2)CCN1. The third-order valence-corrected chi connectivity index (χ3v) is 6.02. The molecule has 0 aromatic heterocycles. The molecule has 1 saturated carbocycles. The van der Waals surface area contributed by atoms with Gasteiger partial charge in [0.25, 0.3) is 0 Å². The van der Waals surface area contributed by atoms with Crippen LogP contribution in [0.5, 0.6) is 0 Å². The summed E-state index contributed by atoms with van der Waals surface area (Å²) in [6.07, 6.45) is 2.93. The summed E-state index contributed by atoms with van der Waals surface area (Å²) in [5, 5.41) is 3.32. The second kappa shape index (κ2) is 7.21. The number of carbonyl (C=O) groups is 1. The standard InChI is InChI=1S/C17H25N3O3S/c1-13-12-20(11-10-18-13)17(21)9-4-14-2-7-16(8-3-14)24(22,23)19-15-5-6-15/h2-3,7-8,13,15,18-19H,4-6,9-12H2,1H3. The second-order valence-corrected chi connectivity index (χ2v) is 8.45. The molecular formula is C17H25N3O3S. The summed E-state index contributed by atoms with van der Waals surface area (Å²) in [5.41, 5.74) is 0.983. The van der Waals surface area contributed by atoms with Crippen molar-refractivity contribution in [3.05, 3.63) is 29.8 Å². The lowest BCUT2D eigenvalue weighted by atomic mass is 10.1. The van der Waals surface area contributed by atoms with E-state index in [2.05, 4.69) is 17.0 Å². The number of sulfonamides is 1. The Balaban J connectivity index is 1.53. The molecule has 7 heteroatoms. The summed E-state index contributed by atoms with van der Waals surface area (Å²) in [7, 11) is -3.40. The fraction of sp³-hybridized carbons (Fsp3) is 0.588. The van der Waals surface area contributed by atoms with Gasteiger partial charge in [0.15, 0.2) is 0 Å². The van der Waals surface area contributed by atoms with E-state index in [0.717, 1.165) is 38.0 Å². The van der Waals surface area contributed by atoms with E-state index < -0.39 is 10.0 Å². The van der Waals surface area contributed by atoms with Gasteiger partial charge in [0.2, 0.25) is 15.9 Å². The minimum atomic E-state index is -3.40. The number of amides is 1. The molecule has 1 aromatic rings. The molecule has 1 atom stereocenters. The maximum absolute atomic E-state index is 12.3. The first-order chi connectivity index (χ1) is 11.4. The molecule has 1 aliphatic heterocycles. The number of benzene rings is 1. The number of hydrogen-bond acceptors (Lipinski definition) is 4. The highest BCUT2D eigenvalue weighted by molar-refractivity contribution is 7.89. The molecule has 2 N–H and O–H groups in total. The number of nitrogens with one attached hydrogen (secondary N) is 2. The molecule has 0 radical (unpaired) electrons. The summed E-state index contributed by atoms with van der Waals surface area (Å²) in [6.45, 7) is 4.43. The van der Waals surface area contributed by atoms with Crippen LogP contribution in [-0.2, 0) is 21.2 Å². The van der Waals surface area contributed by atoms with E-state index in [9.17, 15) is 13.2 Å². The van der Waals surface area contributed by atoms with Crippen molar-refractivity contribution in [3.63, 3.8) is 0 Å². The zero-order valence-corrected chi connectivity index (χ0v) is 14.8. The van der Waals surface area contributed by atoms with Crippen LogP contribution in [0.3, 0.4) is 0 Å². The van der Waals surface area contributed by atoms with Gasteiger partial charge in [-0.15, -0.1) is 0 Å². The van der Waals surface area contributed by atoms with Crippen molar-refractivity contribution >= 4 is 15.9 Å². The monoisotopic (exact) mass is 351 g/mol. The molecule has 1 saturated heterocycles. The first-order valence-corrected chi connectivity index (χ1v) is 10.0. The highest BCUT2D eigenvalue weighted by Gasteiger charge is 2.27. The fourth-order valence-electron chi connectivity index (χ4n) is 2.89. The molecule has 3 rings (SSSR count). The largest absolute Gasteiger partial charge is 0.340 e. The van der Waals surface area contributed by atoms with E-state index >= 15 is 0 Å². The zero-order valence-electron chi connectivity index (χ0n) is 14.0. The predicted molar refractivity (Wildman–Crippen MR) is 92.2 cm³/mol. The van der Waals surface area contributed by atoms with Gasteiger partial charge in [-0.05, 0) is 43.9 Å². The summed E-state index contributed by atoms with van der Waals surface area (Å²) < 4.78 is 26.9. The Bertz CT molecular complexity index is 684. The molecule has 0 bridgehead atoms. The summed E-state index contributed by atoms with van der Waals surface area (Å²) in [6, 6.07) is 7.29. The van der Waals surface area contributed by atoms with Crippen LogP contribution in [0, 0.1) is 0 Å². The zero-order chi connectivity index (χ0) is 17.2. The number of aryl methyl sites for hydroxylation is 1. The van der Waals surface area contributed by atoms with Crippen LogP contribution in [0.1, 0.15) is 31.7 Å². The van der Waals surface area contributed by atoms with Crippen molar-refractivity contribution in [2.24, 2.45) is 0 Å². The minimum Gasteiger partial charge on any atom is -0.340 e. The Morgan fingerprint density at radius 3 is 2.62 bits per heavy atom. The van der Waals surface area contributed by atoms with Crippen molar-refractivity contribution in [2.45, 2.75) is 49.6 Å². The number of hydrogen-bond donors (Lipinski definition) is 2. The van der Waals surface area contributed by atoms with Gasteiger partial charge in [0.1, 0.15) is 0 Å². The van der Waals surface area contributed by atoms with Crippen LogP contribution in [0.4, 0.5) is 0 Å². The Morgan fingerprint density at radius 2 is 2.00 bits per heavy atom. The lowest BCUT2D eigenvalue weighted by Crippen LogP contribution is -2.51. The number of carbonyl (C=O) groups excluding carboxylic acids is 1. The average molecular weight is 351 g/mol. The summed E-state index contributed by atoms with van der Waals surface area (Å²) >= 11 is 0. The summed E-state index contributed by atoms with van der Waals surface area (Å²) in [5.74, 6) is 0.162. The molecule has 24 heavy (non-hydrogen) atoms. The molecule has 1 aliphatic carbocycles. The normalized spacial score (nSPS) is 21.7. The van der Waals surface area contributed by atoms with E-state index in [1.54, 1.807) is 24.3 Å². The van der Waals surface area contributed by atoms with Gasteiger partial charge in [-0.2, -0.15) is 0 Å². The van der Waals surface area contributed by atoms with Gasteiger partial charge in [0, 0.05) is 38.1 Å².